The maximum atomic E-state index is 13.2. The van der Waals surface area contributed by atoms with Crippen LogP contribution in [0.2, 0.25) is 0 Å². The van der Waals surface area contributed by atoms with E-state index < -0.39 is 10.0 Å². The molecule has 0 atom stereocenters. The molecule has 0 fully saturated rings. The van der Waals surface area contributed by atoms with Gasteiger partial charge in [0.1, 0.15) is 5.82 Å². The van der Waals surface area contributed by atoms with Crippen molar-refractivity contribution in [1.82, 2.24) is 9.78 Å². The highest BCUT2D eigenvalue weighted by Gasteiger charge is 2.18. The van der Waals surface area contributed by atoms with Crippen LogP contribution >= 0.6 is 0 Å². The number of halogens is 1. The van der Waals surface area contributed by atoms with E-state index in [0.717, 1.165) is 5.56 Å². The van der Waals surface area contributed by atoms with Crippen molar-refractivity contribution in [2.75, 3.05) is 10.0 Å². The first-order valence-electron chi connectivity index (χ1n) is 10.6. The second kappa shape index (κ2) is 9.48. The molecule has 0 saturated carbocycles. The third kappa shape index (κ3) is 4.99. The van der Waals surface area contributed by atoms with Crippen molar-refractivity contribution in [2.45, 2.75) is 25.2 Å². The third-order valence-corrected chi connectivity index (χ3v) is 6.64. The van der Waals surface area contributed by atoms with Crippen LogP contribution in [0.25, 0.3) is 5.69 Å². The molecule has 1 heterocycles. The third-order valence-electron chi connectivity index (χ3n) is 5.25. The molecule has 9 heteroatoms. The Morgan fingerprint density at radius 2 is 1.56 bits per heavy atom. The fourth-order valence-corrected chi connectivity index (χ4v) is 4.52. The number of hydrogen-bond donors (Lipinski definition) is 2. The fourth-order valence-electron chi connectivity index (χ4n) is 3.46. The van der Waals surface area contributed by atoms with Crippen molar-refractivity contribution < 1.29 is 17.6 Å². The summed E-state index contributed by atoms with van der Waals surface area (Å²) >= 11 is 0. The van der Waals surface area contributed by atoms with Gasteiger partial charge in [0.15, 0.2) is 0 Å². The molecule has 0 unspecified atom stereocenters. The molecule has 0 aliphatic rings. The zero-order chi connectivity index (χ0) is 24.3. The highest BCUT2D eigenvalue weighted by atomic mass is 32.2. The Kier molecular flexibility index (Phi) is 6.47. The van der Waals surface area contributed by atoms with Crippen LogP contribution in [0.1, 0.15) is 28.5 Å². The first-order chi connectivity index (χ1) is 16.3. The molecule has 34 heavy (non-hydrogen) atoms. The van der Waals surface area contributed by atoms with Gasteiger partial charge in [-0.15, -0.1) is 0 Å². The number of hydrogen-bond acceptors (Lipinski definition) is 4. The molecule has 174 valence electrons. The Hall–Kier alpha value is -3.98. The molecule has 4 rings (SSSR count). The number of carbonyl (C=O) groups excluding carboxylic acids is 1. The van der Waals surface area contributed by atoms with E-state index in [1.54, 1.807) is 65.3 Å². The van der Waals surface area contributed by atoms with Crippen LogP contribution in [0.3, 0.4) is 0 Å². The predicted molar refractivity (Wildman–Crippen MR) is 129 cm³/mol. The van der Waals surface area contributed by atoms with Crippen molar-refractivity contribution in [1.29, 1.82) is 0 Å². The van der Waals surface area contributed by atoms with E-state index in [1.807, 2.05) is 13.8 Å². The minimum Gasteiger partial charge on any atom is -0.322 e. The van der Waals surface area contributed by atoms with Crippen molar-refractivity contribution in [3.05, 3.63) is 102 Å². The molecule has 1 amide bonds. The number of rotatable bonds is 7. The lowest BCUT2D eigenvalue weighted by Gasteiger charge is -2.11. The number of amides is 1. The van der Waals surface area contributed by atoms with Crippen molar-refractivity contribution in [2.24, 2.45) is 0 Å². The molecule has 0 spiro atoms. The predicted octanol–water partition coefficient (Wildman–Crippen LogP) is 4.94. The average molecular weight is 479 g/mol. The van der Waals surface area contributed by atoms with Crippen LogP contribution < -0.4 is 10.0 Å². The number of carbonyl (C=O) groups is 1. The molecule has 7 nitrogen and oxygen atoms in total. The van der Waals surface area contributed by atoms with Gasteiger partial charge in [-0.25, -0.2) is 17.5 Å². The minimum atomic E-state index is -3.72. The molecule has 3 aromatic carbocycles. The second-order valence-corrected chi connectivity index (χ2v) is 9.38. The molecular weight excluding hydrogens is 455 g/mol. The van der Waals surface area contributed by atoms with Gasteiger partial charge in [0.25, 0.3) is 15.9 Å². The number of nitrogens with one attached hydrogen (secondary N) is 2. The largest absolute Gasteiger partial charge is 0.322 e. The Morgan fingerprint density at radius 3 is 2.18 bits per heavy atom. The van der Waals surface area contributed by atoms with E-state index in [1.165, 1.54) is 18.3 Å². The van der Waals surface area contributed by atoms with Crippen molar-refractivity contribution in [3.8, 4) is 5.69 Å². The quantitative estimate of drug-likeness (QED) is 0.394. The molecule has 1 aromatic heterocycles. The monoisotopic (exact) mass is 478 g/mol. The van der Waals surface area contributed by atoms with Gasteiger partial charge in [0, 0.05) is 11.4 Å². The normalized spacial score (nSPS) is 11.3. The standard InChI is InChI=1S/C25H23FN4O3S/c1-3-24-23(16-27-30(24)21-12-6-18(26)7-13-21)25(31)28-19-8-10-20(11-9-19)29-34(32,33)22-14-4-17(2)5-15-22/h4-16,29H,3H2,1-2H3,(H,28,31). The van der Waals surface area contributed by atoms with Gasteiger partial charge in [0.05, 0.1) is 28.0 Å². The van der Waals surface area contributed by atoms with E-state index in [0.29, 0.717) is 34.7 Å². The van der Waals surface area contributed by atoms with E-state index in [4.69, 9.17) is 0 Å². The van der Waals surface area contributed by atoms with Gasteiger partial charge in [-0.1, -0.05) is 24.6 Å². The number of benzene rings is 3. The summed E-state index contributed by atoms with van der Waals surface area (Å²) in [6.45, 7) is 3.79. The van der Waals surface area contributed by atoms with E-state index in [-0.39, 0.29) is 16.6 Å². The first kappa shape index (κ1) is 23.2. The van der Waals surface area contributed by atoms with Crippen LogP contribution in [-0.2, 0) is 16.4 Å². The summed E-state index contributed by atoms with van der Waals surface area (Å²) in [7, 11) is -3.72. The summed E-state index contributed by atoms with van der Waals surface area (Å²) in [5, 5.41) is 7.10. The van der Waals surface area contributed by atoms with E-state index >= 15 is 0 Å². The van der Waals surface area contributed by atoms with Crippen LogP contribution in [0, 0.1) is 12.7 Å². The summed E-state index contributed by atoms with van der Waals surface area (Å²) < 4.78 is 42.5. The van der Waals surface area contributed by atoms with Crippen LogP contribution in [0.5, 0.6) is 0 Å². The lowest BCUT2D eigenvalue weighted by Crippen LogP contribution is -2.15. The first-order valence-corrected chi connectivity index (χ1v) is 12.1. The van der Waals surface area contributed by atoms with Gasteiger partial charge in [-0.05, 0) is 74.0 Å². The number of aromatic nitrogens is 2. The van der Waals surface area contributed by atoms with Gasteiger partial charge in [-0.3, -0.25) is 9.52 Å². The Morgan fingerprint density at radius 1 is 0.941 bits per heavy atom. The second-order valence-electron chi connectivity index (χ2n) is 7.70. The van der Waals surface area contributed by atoms with Gasteiger partial charge >= 0.3 is 0 Å². The summed E-state index contributed by atoms with van der Waals surface area (Å²) in [6.07, 6.45) is 2.02. The topological polar surface area (TPSA) is 93.1 Å². The zero-order valence-electron chi connectivity index (χ0n) is 18.6. The van der Waals surface area contributed by atoms with Crippen molar-refractivity contribution in [3.63, 3.8) is 0 Å². The summed E-state index contributed by atoms with van der Waals surface area (Å²) in [5.41, 5.74) is 3.58. The summed E-state index contributed by atoms with van der Waals surface area (Å²) in [5.74, 6) is -0.699. The number of aryl methyl sites for hydroxylation is 1. The van der Waals surface area contributed by atoms with Crippen molar-refractivity contribution >= 4 is 27.3 Å². The van der Waals surface area contributed by atoms with Gasteiger partial charge < -0.3 is 5.32 Å². The van der Waals surface area contributed by atoms with Crippen LogP contribution in [-0.4, -0.2) is 24.1 Å². The average Bonchev–Trinajstić information content (AvgIpc) is 3.25. The SMILES string of the molecule is CCc1c(C(=O)Nc2ccc(NS(=O)(=O)c3ccc(C)cc3)cc2)cnn1-c1ccc(F)cc1. The molecule has 4 aromatic rings. The molecule has 2 N–H and O–H groups in total. The van der Waals surface area contributed by atoms with Gasteiger partial charge in [-0.2, -0.15) is 5.10 Å². The molecule has 0 radical (unpaired) electrons. The van der Waals surface area contributed by atoms with Crippen LogP contribution in [0.15, 0.2) is 83.9 Å². The highest BCUT2D eigenvalue weighted by molar-refractivity contribution is 7.92. The molecule has 0 aliphatic heterocycles. The van der Waals surface area contributed by atoms with Crippen LogP contribution in [0.4, 0.5) is 15.8 Å². The minimum absolute atomic E-state index is 0.167. The maximum absolute atomic E-state index is 13.2. The Balaban J connectivity index is 1.48. The number of sulfonamides is 1. The number of nitrogens with zero attached hydrogens (tertiary/aromatic N) is 2. The lowest BCUT2D eigenvalue weighted by atomic mass is 10.1. The highest BCUT2D eigenvalue weighted by Crippen LogP contribution is 2.21. The Labute approximate surface area is 197 Å². The van der Waals surface area contributed by atoms with E-state index in [2.05, 4.69) is 15.1 Å². The number of anilines is 2. The molecule has 0 bridgehead atoms. The van der Waals surface area contributed by atoms with E-state index in [9.17, 15) is 17.6 Å². The fraction of sp³-hybridized carbons (Fsp3) is 0.120. The molecule has 0 aliphatic carbocycles. The van der Waals surface area contributed by atoms with Gasteiger partial charge in [0.2, 0.25) is 0 Å². The Bertz CT molecular complexity index is 1410. The molecular formula is C25H23FN4O3S. The zero-order valence-corrected chi connectivity index (χ0v) is 19.4. The summed E-state index contributed by atoms with van der Waals surface area (Å²) in [4.78, 5) is 13.1. The lowest BCUT2D eigenvalue weighted by molar-refractivity contribution is 0.102. The summed E-state index contributed by atoms with van der Waals surface area (Å²) in [6, 6.07) is 18.8. The smallest absolute Gasteiger partial charge is 0.261 e. The molecule has 0 saturated heterocycles. The maximum Gasteiger partial charge on any atom is 0.261 e.